The molecule has 1 saturated heterocycles. The van der Waals surface area contributed by atoms with Crippen LogP contribution in [0, 0.1) is 25.7 Å². The van der Waals surface area contributed by atoms with E-state index in [1.165, 1.54) is 0 Å². The van der Waals surface area contributed by atoms with Gasteiger partial charge in [0.15, 0.2) is 0 Å². The predicted octanol–water partition coefficient (Wildman–Crippen LogP) is 2.69. The summed E-state index contributed by atoms with van der Waals surface area (Å²) >= 11 is 6.26. The molecule has 0 unspecified atom stereocenters. The van der Waals surface area contributed by atoms with E-state index in [0.717, 1.165) is 37.1 Å². The third-order valence-electron chi connectivity index (χ3n) is 4.81. The Kier molecular flexibility index (Phi) is 3.93. The summed E-state index contributed by atoms with van der Waals surface area (Å²) in [7, 11) is 0. The molecule has 3 rings (SSSR count). The highest BCUT2D eigenvalue weighted by molar-refractivity contribution is 6.32. The van der Waals surface area contributed by atoms with Crippen molar-refractivity contribution >= 4 is 11.6 Å². The summed E-state index contributed by atoms with van der Waals surface area (Å²) in [5.74, 6) is 1.91. The van der Waals surface area contributed by atoms with E-state index < -0.39 is 6.10 Å². The topological polar surface area (TPSA) is 41.5 Å². The van der Waals surface area contributed by atoms with E-state index in [1.54, 1.807) is 0 Å². The molecular formula is C16H22ClNO2. The van der Waals surface area contributed by atoms with E-state index in [-0.39, 0.29) is 6.10 Å². The number of nitrogens with one attached hydrogen (secondary N) is 1. The van der Waals surface area contributed by atoms with Crippen molar-refractivity contribution in [2.75, 3.05) is 13.1 Å². The van der Waals surface area contributed by atoms with Crippen molar-refractivity contribution in [1.82, 2.24) is 5.32 Å². The molecule has 2 N–H and O–H groups in total. The first-order valence-corrected chi connectivity index (χ1v) is 7.74. The van der Waals surface area contributed by atoms with Crippen LogP contribution in [0.25, 0.3) is 0 Å². The van der Waals surface area contributed by atoms with Crippen molar-refractivity contribution in [2.45, 2.75) is 38.9 Å². The van der Waals surface area contributed by atoms with Gasteiger partial charge < -0.3 is 15.2 Å². The van der Waals surface area contributed by atoms with Gasteiger partial charge in [0.05, 0.1) is 11.1 Å². The van der Waals surface area contributed by atoms with Crippen LogP contribution in [0.1, 0.15) is 24.0 Å². The van der Waals surface area contributed by atoms with Crippen molar-refractivity contribution < 1.29 is 9.84 Å². The van der Waals surface area contributed by atoms with Gasteiger partial charge in [-0.3, -0.25) is 0 Å². The third kappa shape index (κ3) is 2.67. The van der Waals surface area contributed by atoms with Crippen LogP contribution in [0.5, 0.6) is 5.75 Å². The summed E-state index contributed by atoms with van der Waals surface area (Å²) in [6, 6.07) is 3.91. The molecule has 3 nitrogen and oxygen atoms in total. The van der Waals surface area contributed by atoms with E-state index in [0.29, 0.717) is 22.6 Å². The molecule has 0 bridgehead atoms. The highest BCUT2D eigenvalue weighted by atomic mass is 35.5. The van der Waals surface area contributed by atoms with Crippen LogP contribution >= 0.6 is 11.6 Å². The Labute approximate surface area is 125 Å². The van der Waals surface area contributed by atoms with Gasteiger partial charge in [-0.15, -0.1) is 0 Å². The summed E-state index contributed by atoms with van der Waals surface area (Å²) in [4.78, 5) is 0. The number of aryl methyl sites for hydroxylation is 2. The average Bonchev–Trinajstić information content (AvgIpc) is 2.83. The molecule has 4 atom stereocenters. The van der Waals surface area contributed by atoms with Gasteiger partial charge in [0.2, 0.25) is 0 Å². The Morgan fingerprint density at radius 3 is 2.55 bits per heavy atom. The standard InChI is InChI=1S/C16H22ClNO2/c1-9-3-13(17)15(4-10(9)2)20-16-6-12-8-18-7-11(12)5-14(16)19/h3-4,11-12,14,16,18-19H,5-8H2,1-2H3/t11-,12+,14+,16+/m0/s1. The molecule has 110 valence electrons. The Hall–Kier alpha value is -0.770. The molecule has 4 heteroatoms. The molecule has 1 aromatic carbocycles. The Bertz CT molecular complexity index is 505. The van der Waals surface area contributed by atoms with Crippen LogP contribution in [0.3, 0.4) is 0 Å². The van der Waals surface area contributed by atoms with Gasteiger partial charge in [0, 0.05) is 0 Å². The third-order valence-corrected chi connectivity index (χ3v) is 5.11. The SMILES string of the molecule is Cc1cc(Cl)c(O[C@@H]2C[C@@H]3CNC[C@@H]3C[C@H]2O)cc1C. The van der Waals surface area contributed by atoms with Crippen LogP contribution in [-0.2, 0) is 0 Å². The maximum Gasteiger partial charge on any atom is 0.138 e. The van der Waals surface area contributed by atoms with Crippen LogP contribution in [0.4, 0.5) is 0 Å². The quantitative estimate of drug-likeness (QED) is 0.881. The first-order chi connectivity index (χ1) is 9.54. The molecule has 2 aliphatic rings. The van der Waals surface area contributed by atoms with Crippen LogP contribution in [-0.4, -0.2) is 30.4 Å². The van der Waals surface area contributed by atoms with Gasteiger partial charge in [-0.2, -0.15) is 0 Å². The molecule has 1 aliphatic heterocycles. The molecule has 20 heavy (non-hydrogen) atoms. The smallest absolute Gasteiger partial charge is 0.138 e. The maximum absolute atomic E-state index is 10.3. The van der Waals surface area contributed by atoms with E-state index in [4.69, 9.17) is 16.3 Å². The average molecular weight is 296 g/mol. The molecule has 1 aliphatic carbocycles. The van der Waals surface area contributed by atoms with Crippen LogP contribution < -0.4 is 10.1 Å². The zero-order valence-electron chi connectivity index (χ0n) is 12.0. The first kappa shape index (κ1) is 14.2. The van der Waals surface area contributed by atoms with Gasteiger partial charge in [0.1, 0.15) is 11.9 Å². The highest BCUT2D eigenvalue weighted by Gasteiger charge is 2.40. The molecule has 0 radical (unpaired) electrons. The lowest BCUT2D eigenvalue weighted by atomic mass is 9.78. The fraction of sp³-hybridized carbons (Fsp3) is 0.625. The number of hydrogen-bond donors (Lipinski definition) is 2. The number of halogens is 1. The van der Waals surface area contributed by atoms with Crippen molar-refractivity contribution in [3.05, 3.63) is 28.3 Å². The largest absolute Gasteiger partial charge is 0.486 e. The van der Waals surface area contributed by atoms with Gasteiger partial charge in [-0.25, -0.2) is 0 Å². The summed E-state index contributed by atoms with van der Waals surface area (Å²) in [5, 5.41) is 14.3. The summed E-state index contributed by atoms with van der Waals surface area (Å²) in [5.41, 5.74) is 2.32. The summed E-state index contributed by atoms with van der Waals surface area (Å²) < 4.78 is 6.03. The van der Waals surface area contributed by atoms with Gasteiger partial charge in [-0.1, -0.05) is 11.6 Å². The lowest BCUT2D eigenvalue weighted by Crippen LogP contribution is -2.42. The predicted molar refractivity (Wildman–Crippen MR) is 80.4 cm³/mol. The molecule has 0 aromatic heterocycles. The van der Waals surface area contributed by atoms with E-state index in [2.05, 4.69) is 5.32 Å². The molecule has 0 spiro atoms. The van der Waals surface area contributed by atoms with Gasteiger partial charge >= 0.3 is 0 Å². The monoisotopic (exact) mass is 295 g/mol. The number of rotatable bonds is 2. The Balaban J connectivity index is 1.75. The molecule has 1 aromatic rings. The fourth-order valence-corrected chi connectivity index (χ4v) is 3.65. The summed E-state index contributed by atoms with van der Waals surface area (Å²) in [6.07, 6.45) is 1.19. The molecule has 1 saturated carbocycles. The number of aliphatic hydroxyl groups is 1. The minimum atomic E-state index is -0.395. The highest BCUT2D eigenvalue weighted by Crippen LogP contribution is 2.36. The molecule has 0 amide bonds. The van der Waals surface area contributed by atoms with Gasteiger partial charge in [0.25, 0.3) is 0 Å². The second-order valence-corrected chi connectivity index (χ2v) is 6.65. The molecule has 1 heterocycles. The van der Waals surface area contributed by atoms with E-state index >= 15 is 0 Å². The fourth-order valence-electron chi connectivity index (χ4n) is 3.39. The number of aliphatic hydroxyl groups excluding tert-OH is 1. The number of ether oxygens (including phenoxy) is 1. The number of benzene rings is 1. The minimum Gasteiger partial charge on any atom is -0.486 e. The van der Waals surface area contributed by atoms with Crippen molar-refractivity contribution in [2.24, 2.45) is 11.8 Å². The number of hydrogen-bond acceptors (Lipinski definition) is 3. The van der Waals surface area contributed by atoms with E-state index in [9.17, 15) is 5.11 Å². The van der Waals surface area contributed by atoms with Crippen molar-refractivity contribution in [3.8, 4) is 5.75 Å². The second kappa shape index (κ2) is 5.55. The normalized spacial score (nSPS) is 33.0. The maximum atomic E-state index is 10.3. The summed E-state index contributed by atoms with van der Waals surface area (Å²) in [6.45, 7) is 6.15. The molecule has 2 fully saturated rings. The Morgan fingerprint density at radius 1 is 1.15 bits per heavy atom. The van der Waals surface area contributed by atoms with E-state index in [1.807, 2.05) is 26.0 Å². The lowest BCUT2D eigenvalue weighted by molar-refractivity contribution is -0.0231. The van der Waals surface area contributed by atoms with Crippen LogP contribution in [0.2, 0.25) is 5.02 Å². The number of fused-ring (bicyclic) bond motifs is 1. The zero-order valence-corrected chi connectivity index (χ0v) is 12.8. The minimum absolute atomic E-state index is 0.143. The van der Waals surface area contributed by atoms with Crippen LogP contribution in [0.15, 0.2) is 12.1 Å². The lowest BCUT2D eigenvalue weighted by Gasteiger charge is -2.35. The van der Waals surface area contributed by atoms with Crippen molar-refractivity contribution in [1.29, 1.82) is 0 Å². The van der Waals surface area contributed by atoms with Gasteiger partial charge in [-0.05, 0) is 74.9 Å². The Morgan fingerprint density at radius 2 is 1.80 bits per heavy atom. The first-order valence-electron chi connectivity index (χ1n) is 7.36. The second-order valence-electron chi connectivity index (χ2n) is 6.24. The molecular weight excluding hydrogens is 274 g/mol. The van der Waals surface area contributed by atoms with Crippen molar-refractivity contribution in [3.63, 3.8) is 0 Å². The zero-order chi connectivity index (χ0) is 14.3.